The predicted octanol–water partition coefficient (Wildman–Crippen LogP) is -4.83. The van der Waals surface area contributed by atoms with E-state index in [9.17, 15) is 61.0 Å². The molecule has 11 N–H and O–H groups in total. The van der Waals surface area contributed by atoms with Crippen molar-refractivity contribution in [3.63, 3.8) is 0 Å². The van der Waals surface area contributed by atoms with Gasteiger partial charge >= 0.3 is 0 Å². The van der Waals surface area contributed by atoms with Crippen LogP contribution in [0.1, 0.15) is 39.0 Å². The normalized spacial score (nSPS) is 37.9. The van der Waals surface area contributed by atoms with Crippen molar-refractivity contribution in [1.82, 2.24) is 0 Å². The van der Waals surface area contributed by atoms with E-state index < -0.39 is 116 Å². The maximum Gasteiger partial charge on any atom is 0.210 e. The molecule has 0 aromatic carbocycles. The Morgan fingerprint density at radius 3 is 2.00 bits per heavy atom. The number of Topliss-reactive ketones (excluding diaryl/α,β-unsaturated/α-hetero) is 1. The first kappa shape index (κ1) is 43.1. The second-order valence-corrected chi connectivity index (χ2v) is 13.7. The van der Waals surface area contributed by atoms with E-state index in [0.717, 1.165) is 0 Å². The summed E-state index contributed by atoms with van der Waals surface area (Å²) in [6.07, 6.45) is -17.0. The van der Waals surface area contributed by atoms with Crippen LogP contribution in [0.25, 0.3) is 0 Å². The lowest BCUT2D eigenvalue weighted by Crippen LogP contribution is -2.58. The molecule has 16 atom stereocenters. The number of aliphatic hydroxyl groups is 11. The van der Waals surface area contributed by atoms with E-state index in [-0.39, 0.29) is 70.4 Å². The molecule has 1 saturated heterocycles. The molecule has 2 saturated carbocycles. The van der Waals surface area contributed by atoms with Gasteiger partial charge in [-0.3, -0.25) is 4.79 Å². The zero-order chi connectivity index (χ0) is 38.1. The molecule has 0 radical (unpaired) electrons. The van der Waals surface area contributed by atoms with Crippen molar-refractivity contribution in [2.45, 2.75) is 125 Å². The van der Waals surface area contributed by atoms with Crippen LogP contribution in [0.4, 0.5) is 0 Å². The molecule has 0 spiro atoms. The van der Waals surface area contributed by atoms with E-state index in [4.69, 9.17) is 33.2 Å². The van der Waals surface area contributed by atoms with E-state index in [1.807, 2.05) is 0 Å². The van der Waals surface area contributed by atoms with Crippen molar-refractivity contribution >= 4 is 5.78 Å². The number of ketones is 1. The van der Waals surface area contributed by atoms with Crippen molar-refractivity contribution in [2.75, 3.05) is 52.9 Å². The summed E-state index contributed by atoms with van der Waals surface area (Å²) in [7, 11) is 0. The Bertz CT molecular complexity index is 1130. The largest absolute Gasteiger partial charge is 0.489 e. The summed E-state index contributed by atoms with van der Waals surface area (Å²) in [6, 6.07) is 0. The molecule has 0 amide bonds. The second-order valence-electron chi connectivity index (χ2n) is 13.7. The first-order valence-electron chi connectivity index (χ1n) is 17.8. The third-order valence-corrected chi connectivity index (χ3v) is 10.0. The maximum absolute atomic E-state index is 14.0. The van der Waals surface area contributed by atoms with Gasteiger partial charge in [-0.1, -0.05) is 0 Å². The van der Waals surface area contributed by atoms with Gasteiger partial charge in [0.2, 0.25) is 11.5 Å². The zero-order valence-electron chi connectivity index (χ0n) is 29.1. The van der Waals surface area contributed by atoms with Crippen molar-refractivity contribution in [1.29, 1.82) is 0 Å². The zero-order valence-corrected chi connectivity index (χ0v) is 29.1. The van der Waals surface area contributed by atoms with E-state index >= 15 is 0 Å². The van der Waals surface area contributed by atoms with Crippen LogP contribution in [-0.4, -0.2) is 200 Å². The fourth-order valence-corrected chi connectivity index (χ4v) is 7.18. The van der Waals surface area contributed by atoms with Crippen LogP contribution in [0.5, 0.6) is 0 Å². The molecule has 0 aromatic heterocycles. The van der Waals surface area contributed by atoms with E-state index in [0.29, 0.717) is 12.8 Å². The van der Waals surface area contributed by atoms with Gasteiger partial charge in [-0.25, -0.2) is 0 Å². The molecule has 4 rings (SSSR count). The van der Waals surface area contributed by atoms with Crippen LogP contribution in [0.2, 0.25) is 0 Å². The topological polar surface area (TPSA) is 304 Å². The Hall–Kier alpha value is -1.63. The highest BCUT2D eigenvalue weighted by atomic mass is 16.7. The lowest BCUT2D eigenvalue weighted by molar-refractivity contribution is -0.299. The van der Waals surface area contributed by atoms with Gasteiger partial charge in [0.05, 0.1) is 82.7 Å². The number of fused-ring (bicyclic) bond motifs is 1. The van der Waals surface area contributed by atoms with Gasteiger partial charge in [-0.2, -0.15) is 0 Å². The number of rotatable bonds is 19. The van der Waals surface area contributed by atoms with Gasteiger partial charge < -0.3 is 89.3 Å². The standard InChI is InChI=1S/C33H56O19/c1-15-25(40)29(44)30(45)33(51-15)50-14-20(39)27(42)26(41)19(38)13-49-32-28(43)24-18(37)11-17(46-7-4-34)12-23(24)52-31(32)16-2-3-21(47-8-5-35)22(10-16)48-9-6-36/h15-27,29-30,33-42,44-45H,2-14H2,1H3. The minimum Gasteiger partial charge on any atom is -0.489 e. The quantitative estimate of drug-likeness (QED) is 0.0589. The number of hydrogen-bond acceptors (Lipinski definition) is 19. The van der Waals surface area contributed by atoms with E-state index in [1.165, 1.54) is 6.92 Å². The van der Waals surface area contributed by atoms with E-state index in [1.54, 1.807) is 0 Å². The Kier molecular flexibility index (Phi) is 16.9. The highest BCUT2D eigenvalue weighted by molar-refractivity contribution is 5.97. The third-order valence-electron chi connectivity index (χ3n) is 10.0. The van der Waals surface area contributed by atoms with Crippen LogP contribution in [0.3, 0.4) is 0 Å². The highest BCUT2D eigenvalue weighted by Gasteiger charge is 2.51. The van der Waals surface area contributed by atoms with Gasteiger partial charge in [0, 0.05) is 18.8 Å². The monoisotopic (exact) mass is 756 g/mol. The average molecular weight is 757 g/mol. The number of carbonyl (C=O) groups excluding carboxylic acids is 1. The molecule has 4 aliphatic rings. The summed E-state index contributed by atoms with van der Waals surface area (Å²) in [5.74, 6) is -2.38. The Labute approximate surface area is 300 Å². The molecule has 0 aromatic rings. The first-order chi connectivity index (χ1) is 24.8. The molecule has 52 heavy (non-hydrogen) atoms. The summed E-state index contributed by atoms with van der Waals surface area (Å²) in [5, 5.41) is 111. The Morgan fingerprint density at radius 1 is 0.731 bits per heavy atom. The predicted molar refractivity (Wildman–Crippen MR) is 172 cm³/mol. The minimum atomic E-state index is -2.04. The molecule has 16 unspecified atom stereocenters. The molecule has 3 fully saturated rings. The summed E-state index contributed by atoms with van der Waals surface area (Å²) >= 11 is 0. The van der Waals surface area contributed by atoms with Crippen molar-refractivity contribution in [2.24, 2.45) is 11.8 Å². The van der Waals surface area contributed by atoms with E-state index in [2.05, 4.69) is 0 Å². The number of hydrogen-bond donors (Lipinski definition) is 11. The van der Waals surface area contributed by atoms with Crippen LogP contribution < -0.4 is 0 Å². The third kappa shape index (κ3) is 10.6. The van der Waals surface area contributed by atoms with Gasteiger partial charge in [0.1, 0.15) is 61.2 Å². The molecular formula is C33H56O19. The summed E-state index contributed by atoms with van der Waals surface area (Å²) < 4.78 is 40.0. The maximum atomic E-state index is 14.0. The van der Waals surface area contributed by atoms with Gasteiger partial charge in [0.15, 0.2) is 6.29 Å². The fraction of sp³-hybridized carbons (Fsp3) is 0.909. The molecule has 19 nitrogen and oxygen atoms in total. The van der Waals surface area contributed by atoms with Gasteiger partial charge in [0.25, 0.3) is 0 Å². The molecule has 2 aliphatic carbocycles. The summed E-state index contributed by atoms with van der Waals surface area (Å²) in [6.45, 7) is -0.680. The number of allylic oxidation sites excluding steroid dienone is 2. The van der Waals surface area contributed by atoms with Crippen LogP contribution in [0, 0.1) is 11.8 Å². The molecule has 0 bridgehead atoms. The van der Waals surface area contributed by atoms with Crippen LogP contribution in [0.15, 0.2) is 11.5 Å². The smallest absolute Gasteiger partial charge is 0.210 e. The number of carbonyl (C=O) groups is 1. The average Bonchev–Trinajstić information content (AvgIpc) is 3.13. The second kappa shape index (κ2) is 20.3. The lowest BCUT2D eigenvalue weighted by atomic mass is 9.75. The van der Waals surface area contributed by atoms with Crippen LogP contribution in [-0.2, 0) is 38.0 Å². The molecular weight excluding hydrogens is 700 g/mol. The Morgan fingerprint density at radius 2 is 1.35 bits per heavy atom. The first-order valence-corrected chi connectivity index (χ1v) is 17.8. The number of aliphatic hydroxyl groups excluding tert-OH is 11. The van der Waals surface area contributed by atoms with Crippen LogP contribution >= 0.6 is 0 Å². The molecule has 302 valence electrons. The lowest BCUT2D eigenvalue weighted by Gasteiger charge is -2.44. The fourth-order valence-electron chi connectivity index (χ4n) is 7.18. The molecule has 2 aliphatic heterocycles. The summed E-state index contributed by atoms with van der Waals surface area (Å²) in [5.41, 5.74) is 0. The van der Waals surface area contributed by atoms with Crippen molar-refractivity contribution in [3.05, 3.63) is 11.5 Å². The summed E-state index contributed by atoms with van der Waals surface area (Å²) in [4.78, 5) is 14.0. The minimum absolute atomic E-state index is 0.00108. The Balaban J connectivity index is 1.48. The molecule has 2 heterocycles. The van der Waals surface area contributed by atoms with Crippen molar-refractivity contribution < 1.29 is 94.1 Å². The SMILES string of the molecule is CC1OC(OCC(O)C(O)C(O)C(O)COC2=C(C3CCC(OCCO)C(OCCO)C3)OC3CC(OCCO)CC(O)C3C2=O)C(O)C(O)C1O. The molecule has 19 heteroatoms. The van der Waals surface area contributed by atoms with Gasteiger partial charge in [-0.05, 0) is 26.2 Å². The van der Waals surface area contributed by atoms with Gasteiger partial charge in [-0.15, -0.1) is 0 Å². The number of ether oxygens (including phenoxy) is 7. The van der Waals surface area contributed by atoms with Crippen molar-refractivity contribution in [3.8, 4) is 0 Å². The highest BCUT2D eigenvalue weighted by Crippen LogP contribution is 2.43.